The van der Waals surface area contributed by atoms with E-state index in [0.29, 0.717) is 27.8 Å². The van der Waals surface area contributed by atoms with Gasteiger partial charge in [-0.15, -0.1) is 0 Å². The molecular weight excluding hydrogens is 406 g/mol. The number of ether oxygens (including phenoxy) is 1. The number of methoxy groups -OCH3 is 1. The van der Waals surface area contributed by atoms with Crippen LogP contribution in [0.4, 0.5) is 17.1 Å². The third-order valence-corrected chi connectivity index (χ3v) is 5.83. The lowest BCUT2D eigenvalue weighted by atomic mass is 10.2. The van der Waals surface area contributed by atoms with Gasteiger partial charge in [0.1, 0.15) is 5.75 Å². The van der Waals surface area contributed by atoms with E-state index in [4.69, 9.17) is 17.0 Å². The van der Waals surface area contributed by atoms with E-state index in [0.717, 1.165) is 5.69 Å². The minimum absolute atomic E-state index is 0.149. The van der Waals surface area contributed by atoms with Crippen molar-refractivity contribution < 1.29 is 13.2 Å². The second kappa shape index (κ2) is 8.93. The highest BCUT2D eigenvalue weighted by molar-refractivity contribution is 7.92. The van der Waals surface area contributed by atoms with Gasteiger partial charge in [-0.05, 0) is 61.1 Å². The molecule has 0 saturated carbocycles. The molecule has 3 aromatic rings. The van der Waals surface area contributed by atoms with Gasteiger partial charge >= 0.3 is 0 Å². The number of thiocarbonyl (C=S) groups is 1. The standard InChI is InChI=1S/C21H21N3O3S2/c1-15-12-13-17(23-21(28)22-16-8-4-3-5-9-16)14-20(15)29(25,26)24-18-10-6-7-11-19(18)27-2/h3-14,24H,1-2H3,(H2,22,23,28). The Morgan fingerprint density at radius 2 is 1.55 bits per heavy atom. The number of sulfonamides is 1. The van der Waals surface area contributed by atoms with E-state index in [1.54, 1.807) is 49.4 Å². The second-order valence-electron chi connectivity index (χ2n) is 6.23. The molecule has 8 heteroatoms. The molecule has 3 aromatic carbocycles. The summed E-state index contributed by atoms with van der Waals surface area (Å²) in [6.07, 6.45) is 0. The Hall–Kier alpha value is -3.10. The Morgan fingerprint density at radius 1 is 0.897 bits per heavy atom. The predicted octanol–water partition coefficient (Wildman–Crippen LogP) is 4.61. The van der Waals surface area contributed by atoms with Crippen molar-refractivity contribution in [3.05, 3.63) is 78.4 Å². The van der Waals surface area contributed by atoms with E-state index in [2.05, 4.69) is 15.4 Å². The SMILES string of the molecule is COc1ccccc1NS(=O)(=O)c1cc(NC(=S)Nc2ccccc2)ccc1C. The van der Waals surface area contributed by atoms with Gasteiger partial charge in [0.2, 0.25) is 0 Å². The van der Waals surface area contributed by atoms with Gasteiger partial charge in [0, 0.05) is 11.4 Å². The van der Waals surface area contributed by atoms with Gasteiger partial charge in [0.25, 0.3) is 10.0 Å². The summed E-state index contributed by atoms with van der Waals surface area (Å²) >= 11 is 5.32. The van der Waals surface area contributed by atoms with Crippen molar-refractivity contribution in [3.8, 4) is 5.75 Å². The van der Waals surface area contributed by atoms with Crippen molar-refractivity contribution in [1.29, 1.82) is 0 Å². The Kier molecular flexibility index (Phi) is 6.36. The third kappa shape index (κ3) is 5.24. The molecule has 0 amide bonds. The minimum Gasteiger partial charge on any atom is -0.495 e. The summed E-state index contributed by atoms with van der Waals surface area (Å²) in [5.41, 5.74) is 2.38. The topological polar surface area (TPSA) is 79.5 Å². The van der Waals surface area contributed by atoms with Crippen LogP contribution in [0.15, 0.2) is 77.7 Å². The molecule has 3 rings (SSSR count). The van der Waals surface area contributed by atoms with Crippen LogP contribution in [0.5, 0.6) is 5.75 Å². The average Bonchev–Trinajstić information content (AvgIpc) is 2.70. The summed E-state index contributed by atoms with van der Waals surface area (Å²) < 4.78 is 33.8. The highest BCUT2D eigenvalue weighted by atomic mass is 32.2. The summed E-state index contributed by atoms with van der Waals surface area (Å²) in [6.45, 7) is 1.74. The Morgan fingerprint density at radius 3 is 2.28 bits per heavy atom. The normalized spacial score (nSPS) is 10.8. The number of aryl methyl sites for hydroxylation is 1. The average molecular weight is 428 g/mol. The van der Waals surface area contributed by atoms with Crippen LogP contribution in [-0.2, 0) is 10.0 Å². The van der Waals surface area contributed by atoms with Crippen molar-refractivity contribution in [2.24, 2.45) is 0 Å². The Labute approximate surface area is 176 Å². The van der Waals surface area contributed by atoms with Gasteiger partial charge in [0.15, 0.2) is 5.11 Å². The van der Waals surface area contributed by atoms with Crippen LogP contribution in [0.2, 0.25) is 0 Å². The maximum absolute atomic E-state index is 13.0. The molecular formula is C21H21N3O3S2. The summed E-state index contributed by atoms with van der Waals surface area (Å²) in [5, 5.41) is 6.44. The summed E-state index contributed by atoms with van der Waals surface area (Å²) in [7, 11) is -2.34. The lowest BCUT2D eigenvalue weighted by Gasteiger charge is -2.15. The molecule has 0 saturated heterocycles. The number of anilines is 3. The molecule has 0 fully saturated rings. The van der Waals surface area contributed by atoms with Gasteiger partial charge in [-0.25, -0.2) is 8.42 Å². The Bertz CT molecular complexity index is 1120. The van der Waals surface area contributed by atoms with Crippen LogP contribution < -0.4 is 20.1 Å². The molecule has 6 nitrogen and oxygen atoms in total. The largest absolute Gasteiger partial charge is 0.495 e. The van der Waals surface area contributed by atoms with Crippen LogP contribution in [0.25, 0.3) is 0 Å². The van der Waals surface area contributed by atoms with Crippen LogP contribution in [0.1, 0.15) is 5.56 Å². The molecule has 0 atom stereocenters. The molecule has 29 heavy (non-hydrogen) atoms. The van der Waals surface area contributed by atoms with Gasteiger partial charge < -0.3 is 15.4 Å². The van der Waals surface area contributed by atoms with Gasteiger partial charge in [-0.3, -0.25) is 4.72 Å². The molecule has 0 bridgehead atoms. The fraction of sp³-hybridized carbons (Fsp3) is 0.0952. The van der Waals surface area contributed by atoms with Crippen molar-refractivity contribution >= 4 is 44.4 Å². The van der Waals surface area contributed by atoms with Crippen LogP contribution in [-0.4, -0.2) is 20.6 Å². The number of para-hydroxylation sites is 3. The van der Waals surface area contributed by atoms with E-state index >= 15 is 0 Å². The smallest absolute Gasteiger partial charge is 0.262 e. The number of nitrogens with one attached hydrogen (secondary N) is 3. The van der Waals surface area contributed by atoms with Gasteiger partial charge in [-0.1, -0.05) is 36.4 Å². The van der Waals surface area contributed by atoms with E-state index in [1.807, 2.05) is 30.3 Å². The zero-order valence-electron chi connectivity index (χ0n) is 16.0. The monoisotopic (exact) mass is 427 g/mol. The summed E-state index contributed by atoms with van der Waals surface area (Å²) in [5.74, 6) is 0.441. The van der Waals surface area contributed by atoms with Gasteiger partial charge in [0.05, 0.1) is 17.7 Å². The molecule has 3 N–H and O–H groups in total. The van der Waals surface area contributed by atoms with Crippen LogP contribution in [0.3, 0.4) is 0 Å². The highest BCUT2D eigenvalue weighted by Gasteiger charge is 2.19. The summed E-state index contributed by atoms with van der Waals surface area (Å²) in [4.78, 5) is 0.149. The van der Waals surface area contributed by atoms with E-state index < -0.39 is 10.0 Å². The molecule has 0 aliphatic carbocycles. The number of hydrogen-bond donors (Lipinski definition) is 3. The number of benzene rings is 3. The van der Waals surface area contributed by atoms with Crippen molar-refractivity contribution in [2.75, 3.05) is 22.5 Å². The maximum atomic E-state index is 13.0. The first kappa shape index (κ1) is 20.6. The zero-order chi connectivity index (χ0) is 20.9. The van der Waals surface area contributed by atoms with Crippen molar-refractivity contribution in [2.45, 2.75) is 11.8 Å². The molecule has 0 spiro atoms. The van der Waals surface area contributed by atoms with E-state index in [-0.39, 0.29) is 4.90 Å². The molecule has 0 aliphatic heterocycles. The van der Waals surface area contributed by atoms with E-state index in [1.165, 1.54) is 7.11 Å². The molecule has 0 radical (unpaired) electrons. The van der Waals surface area contributed by atoms with Crippen molar-refractivity contribution in [3.63, 3.8) is 0 Å². The number of rotatable bonds is 6. The predicted molar refractivity (Wildman–Crippen MR) is 121 cm³/mol. The minimum atomic E-state index is -3.83. The third-order valence-electron chi connectivity index (χ3n) is 4.12. The molecule has 0 heterocycles. The van der Waals surface area contributed by atoms with Crippen LogP contribution >= 0.6 is 12.2 Å². The first-order valence-corrected chi connectivity index (χ1v) is 10.7. The second-order valence-corrected chi connectivity index (χ2v) is 8.29. The van der Waals surface area contributed by atoms with Gasteiger partial charge in [-0.2, -0.15) is 0 Å². The molecule has 0 aromatic heterocycles. The van der Waals surface area contributed by atoms with Crippen molar-refractivity contribution in [1.82, 2.24) is 0 Å². The molecule has 0 unspecified atom stereocenters. The fourth-order valence-corrected chi connectivity index (χ4v) is 4.29. The lowest BCUT2D eigenvalue weighted by molar-refractivity contribution is 0.417. The maximum Gasteiger partial charge on any atom is 0.262 e. The molecule has 150 valence electrons. The molecule has 0 aliphatic rings. The fourth-order valence-electron chi connectivity index (χ4n) is 2.71. The van der Waals surface area contributed by atoms with Crippen LogP contribution in [0, 0.1) is 6.92 Å². The summed E-state index contributed by atoms with van der Waals surface area (Å²) in [6, 6.07) is 21.4. The number of hydrogen-bond acceptors (Lipinski definition) is 4. The lowest BCUT2D eigenvalue weighted by Crippen LogP contribution is -2.20. The first-order chi connectivity index (χ1) is 13.9. The zero-order valence-corrected chi connectivity index (χ0v) is 17.6. The quantitative estimate of drug-likeness (QED) is 0.499. The first-order valence-electron chi connectivity index (χ1n) is 8.78. The Balaban J connectivity index is 1.81. The highest BCUT2D eigenvalue weighted by Crippen LogP contribution is 2.28. The van der Waals surface area contributed by atoms with E-state index in [9.17, 15) is 8.42 Å².